The van der Waals surface area contributed by atoms with Crippen molar-refractivity contribution in [1.82, 2.24) is 5.32 Å². The second-order valence-electron chi connectivity index (χ2n) is 6.66. The normalized spacial score (nSPS) is 15.0. The van der Waals surface area contributed by atoms with Crippen LogP contribution in [0.4, 0.5) is 5.69 Å². The lowest BCUT2D eigenvalue weighted by Crippen LogP contribution is -2.31. The summed E-state index contributed by atoms with van der Waals surface area (Å²) in [7, 11) is 0. The summed E-state index contributed by atoms with van der Waals surface area (Å²) in [4.78, 5) is 14.5. The van der Waals surface area contributed by atoms with Gasteiger partial charge in [0.1, 0.15) is 29.6 Å². The molecule has 5 nitrogen and oxygen atoms in total. The Morgan fingerprint density at radius 3 is 2.67 bits per heavy atom. The van der Waals surface area contributed by atoms with Crippen molar-refractivity contribution < 1.29 is 13.9 Å². The first-order chi connectivity index (χ1) is 14.5. The molecular weight excluding hydrogens is 420 g/mol. The lowest BCUT2D eigenvalue weighted by atomic mass is 10.1. The fourth-order valence-electron chi connectivity index (χ4n) is 3.16. The molecule has 0 aliphatic carbocycles. The van der Waals surface area contributed by atoms with E-state index in [0.717, 1.165) is 17.7 Å². The number of amides is 1. The van der Waals surface area contributed by atoms with Gasteiger partial charge in [0.05, 0.1) is 5.69 Å². The second kappa shape index (κ2) is 8.73. The Balaban J connectivity index is 1.48. The number of ether oxygens (including phenoxy) is 1. The number of hydrogen-bond donors (Lipinski definition) is 1. The number of para-hydroxylation sites is 1. The molecule has 0 spiro atoms. The van der Waals surface area contributed by atoms with E-state index in [1.807, 2.05) is 37.3 Å². The molecule has 0 atom stereocenters. The number of nitrogens with zero attached hydrogens (tertiary/aromatic N) is 1. The number of aryl methyl sites for hydroxylation is 1. The molecule has 152 valence electrons. The molecule has 0 saturated carbocycles. The van der Waals surface area contributed by atoms with Crippen molar-refractivity contribution in [3.8, 4) is 5.75 Å². The zero-order chi connectivity index (χ0) is 21.1. The summed E-state index contributed by atoms with van der Waals surface area (Å²) in [5.41, 5.74) is 2.21. The molecule has 7 heteroatoms. The molecule has 0 unspecified atom stereocenters. The average molecular weight is 439 g/mol. The molecule has 3 aromatic rings. The van der Waals surface area contributed by atoms with E-state index in [1.54, 1.807) is 36.4 Å². The van der Waals surface area contributed by atoms with Gasteiger partial charge in [-0.15, -0.1) is 0 Å². The Labute approximate surface area is 184 Å². The molecule has 1 saturated heterocycles. The molecule has 4 rings (SSSR count). The predicted molar refractivity (Wildman–Crippen MR) is 122 cm³/mol. The van der Waals surface area contributed by atoms with Crippen LogP contribution in [0.3, 0.4) is 0 Å². The molecule has 1 amide bonds. The second-order valence-corrected chi connectivity index (χ2v) is 7.48. The summed E-state index contributed by atoms with van der Waals surface area (Å²) in [6.45, 7) is 2.31. The molecule has 1 aliphatic heterocycles. The Hall–Kier alpha value is -3.09. The minimum absolute atomic E-state index is 0.212. The third-order valence-electron chi connectivity index (χ3n) is 4.66. The molecule has 1 fully saturated rings. The van der Waals surface area contributed by atoms with Crippen LogP contribution in [-0.2, 0) is 17.8 Å². The molecule has 2 aromatic carbocycles. The van der Waals surface area contributed by atoms with Gasteiger partial charge in [0.25, 0.3) is 5.91 Å². The van der Waals surface area contributed by atoms with Gasteiger partial charge < -0.3 is 14.5 Å². The lowest BCUT2D eigenvalue weighted by Gasteiger charge is -2.17. The van der Waals surface area contributed by atoms with Crippen molar-refractivity contribution in [2.75, 3.05) is 4.90 Å². The van der Waals surface area contributed by atoms with Crippen molar-refractivity contribution in [3.05, 3.63) is 88.5 Å². The number of furan rings is 1. The van der Waals surface area contributed by atoms with Crippen molar-refractivity contribution in [2.24, 2.45) is 0 Å². The summed E-state index contributed by atoms with van der Waals surface area (Å²) in [6.07, 6.45) is 2.45. The maximum atomic E-state index is 13.0. The highest BCUT2D eigenvalue weighted by Gasteiger charge is 2.33. The van der Waals surface area contributed by atoms with E-state index in [0.29, 0.717) is 33.1 Å². The summed E-state index contributed by atoms with van der Waals surface area (Å²) >= 11 is 11.3. The minimum Gasteiger partial charge on any atom is -0.486 e. The quantitative estimate of drug-likeness (QED) is 0.416. The van der Waals surface area contributed by atoms with Crippen LogP contribution in [0, 0.1) is 0 Å². The van der Waals surface area contributed by atoms with Gasteiger partial charge in [0.2, 0.25) is 0 Å². The van der Waals surface area contributed by atoms with Crippen LogP contribution in [0.15, 0.2) is 70.8 Å². The van der Waals surface area contributed by atoms with Gasteiger partial charge in [-0.3, -0.25) is 9.69 Å². The van der Waals surface area contributed by atoms with E-state index in [1.165, 1.54) is 4.90 Å². The van der Waals surface area contributed by atoms with E-state index in [-0.39, 0.29) is 12.5 Å². The van der Waals surface area contributed by atoms with Crippen LogP contribution in [0.5, 0.6) is 5.75 Å². The van der Waals surface area contributed by atoms with Gasteiger partial charge >= 0.3 is 0 Å². The molecule has 30 heavy (non-hydrogen) atoms. The smallest absolute Gasteiger partial charge is 0.281 e. The van der Waals surface area contributed by atoms with Crippen LogP contribution < -0.4 is 15.0 Å². The third kappa shape index (κ3) is 4.25. The number of halogens is 1. The molecule has 2 heterocycles. The minimum atomic E-state index is -0.212. The fourth-order valence-corrected chi connectivity index (χ4v) is 3.58. The van der Waals surface area contributed by atoms with Gasteiger partial charge in [0, 0.05) is 11.1 Å². The number of carbonyl (C=O) groups excluding carboxylic acids is 1. The predicted octanol–water partition coefficient (Wildman–Crippen LogP) is 5.34. The van der Waals surface area contributed by atoms with E-state index >= 15 is 0 Å². The van der Waals surface area contributed by atoms with Gasteiger partial charge in [-0.25, -0.2) is 0 Å². The highest BCUT2D eigenvalue weighted by atomic mass is 35.5. The number of nitrogens with one attached hydrogen (secondary N) is 1. The van der Waals surface area contributed by atoms with Crippen molar-refractivity contribution >= 4 is 46.6 Å². The first-order valence-corrected chi connectivity index (χ1v) is 10.3. The molecule has 1 N–H and O–H groups in total. The number of anilines is 1. The fraction of sp³-hybridized carbons (Fsp3) is 0.130. The molecule has 0 radical (unpaired) electrons. The summed E-state index contributed by atoms with van der Waals surface area (Å²) in [5.74, 6) is 1.65. The Morgan fingerprint density at radius 2 is 1.90 bits per heavy atom. The van der Waals surface area contributed by atoms with Crippen LogP contribution in [-0.4, -0.2) is 11.0 Å². The topological polar surface area (TPSA) is 54.7 Å². The van der Waals surface area contributed by atoms with Crippen molar-refractivity contribution in [2.45, 2.75) is 20.0 Å². The average Bonchev–Trinajstić information content (AvgIpc) is 3.31. The molecule has 0 bridgehead atoms. The number of thiocarbonyl (C=S) groups is 1. The van der Waals surface area contributed by atoms with Gasteiger partial charge in [0.15, 0.2) is 5.11 Å². The molecule has 1 aromatic heterocycles. The van der Waals surface area contributed by atoms with Crippen LogP contribution in [0.2, 0.25) is 5.02 Å². The van der Waals surface area contributed by atoms with Gasteiger partial charge in [-0.2, -0.15) is 0 Å². The number of carbonyl (C=O) groups is 1. The summed E-state index contributed by atoms with van der Waals surface area (Å²) in [5, 5.41) is 3.99. The van der Waals surface area contributed by atoms with E-state index in [9.17, 15) is 4.79 Å². The van der Waals surface area contributed by atoms with Gasteiger partial charge in [-0.1, -0.05) is 36.7 Å². The molecular formula is C23H19ClN2O3S. The van der Waals surface area contributed by atoms with Crippen molar-refractivity contribution in [1.29, 1.82) is 0 Å². The highest BCUT2D eigenvalue weighted by Crippen LogP contribution is 2.27. The van der Waals surface area contributed by atoms with E-state index < -0.39 is 0 Å². The van der Waals surface area contributed by atoms with E-state index in [4.69, 9.17) is 33.0 Å². The lowest BCUT2D eigenvalue weighted by molar-refractivity contribution is -0.113. The number of rotatable bonds is 6. The first-order valence-electron chi connectivity index (χ1n) is 9.47. The Bertz CT molecular complexity index is 1120. The third-order valence-corrected chi connectivity index (χ3v) is 5.19. The largest absolute Gasteiger partial charge is 0.486 e. The van der Waals surface area contributed by atoms with E-state index in [2.05, 4.69) is 5.32 Å². The summed E-state index contributed by atoms with van der Waals surface area (Å²) in [6, 6.07) is 18.4. The monoisotopic (exact) mass is 438 g/mol. The number of hydrogen-bond acceptors (Lipinski definition) is 4. The standard InChI is InChI=1S/C23H19ClN2O3S/c1-2-15-5-3-4-6-21(15)26-22(27)20(25-23(26)30)13-18-11-12-19(29-18)14-28-17-9-7-16(24)8-10-17/h3-13H,2,14H2,1H3,(H,25,30)/b20-13+. The maximum Gasteiger partial charge on any atom is 0.281 e. The SMILES string of the molecule is CCc1ccccc1N1C(=O)/C(=C\c2ccc(COc3ccc(Cl)cc3)o2)NC1=S. The maximum absolute atomic E-state index is 13.0. The van der Waals surface area contributed by atoms with Crippen LogP contribution in [0.1, 0.15) is 24.0 Å². The van der Waals surface area contributed by atoms with Gasteiger partial charge in [-0.05, 0) is 66.7 Å². The zero-order valence-electron chi connectivity index (χ0n) is 16.2. The molecule has 1 aliphatic rings. The highest BCUT2D eigenvalue weighted by molar-refractivity contribution is 7.80. The number of benzene rings is 2. The van der Waals surface area contributed by atoms with Crippen LogP contribution in [0.25, 0.3) is 6.08 Å². The zero-order valence-corrected chi connectivity index (χ0v) is 17.8. The van der Waals surface area contributed by atoms with Crippen molar-refractivity contribution in [3.63, 3.8) is 0 Å². The van der Waals surface area contributed by atoms with Crippen LogP contribution >= 0.6 is 23.8 Å². The summed E-state index contributed by atoms with van der Waals surface area (Å²) < 4.78 is 11.5. The Morgan fingerprint density at radius 1 is 1.13 bits per heavy atom. The Kier molecular flexibility index (Phi) is 5.88. The first kappa shape index (κ1) is 20.2.